The molecule has 208 valence electrons. The molecule has 2 aliphatic heterocycles. The molecule has 12 nitrogen and oxygen atoms in total. The molecule has 3 heterocycles. The Morgan fingerprint density at radius 2 is 1.78 bits per heavy atom. The number of hydrogen-bond acceptors (Lipinski definition) is 9. The molecule has 1 amide bonds. The molecule has 5 rings (SSSR count). The minimum absolute atomic E-state index is 0.0744. The number of para-hydroxylation sites is 1. The molecule has 1 unspecified atom stereocenters. The van der Waals surface area contributed by atoms with Crippen LogP contribution < -0.4 is 16.8 Å². The van der Waals surface area contributed by atoms with E-state index in [0.29, 0.717) is 43.5 Å². The van der Waals surface area contributed by atoms with E-state index in [4.69, 9.17) is 26.4 Å². The molecule has 0 aliphatic carbocycles. The highest BCUT2D eigenvalue weighted by Gasteiger charge is 2.26. The third kappa shape index (κ3) is 6.62. The van der Waals surface area contributed by atoms with E-state index >= 15 is 0 Å². The van der Waals surface area contributed by atoms with Crippen molar-refractivity contribution in [2.75, 3.05) is 31.6 Å². The molecule has 41 heavy (non-hydrogen) atoms. The summed E-state index contributed by atoms with van der Waals surface area (Å²) in [4.78, 5) is 32.3. The van der Waals surface area contributed by atoms with Crippen LogP contribution in [0.25, 0.3) is 0 Å². The third-order valence-corrected chi connectivity index (χ3v) is 6.26. The number of nitrogens with two attached hydrogens (primary N) is 2. The second-order valence-corrected chi connectivity index (χ2v) is 8.99. The first kappa shape index (κ1) is 27.2. The Kier molecular flexibility index (Phi) is 8.41. The molecule has 12 heteroatoms. The minimum atomic E-state index is -1.25. The Morgan fingerprint density at radius 3 is 2.54 bits per heavy atom. The Balaban J connectivity index is 1.47. The fraction of sp³-hybridized carbons (Fsp3) is 0.172. The lowest BCUT2D eigenvalue weighted by molar-refractivity contribution is -0.117. The largest absolute Gasteiger partial charge is 0.409 e. The number of benzodiazepines with no additional fused rings is 1. The molecule has 0 bridgehead atoms. The van der Waals surface area contributed by atoms with Gasteiger partial charge in [0.15, 0.2) is 5.82 Å². The number of aromatic nitrogens is 1. The number of rotatable bonds is 6. The molecule has 1 saturated heterocycles. The van der Waals surface area contributed by atoms with E-state index in [0.717, 1.165) is 11.1 Å². The lowest BCUT2D eigenvalue weighted by Crippen LogP contribution is -2.42. The van der Waals surface area contributed by atoms with E-state index in [1.807, 2.05) is 48.5 Å². The summed E-state index contributed by atoms with van der Waals surface area (Å²) in [7, 11) is 0. The molecule has 0 radical (unpaired) electrons. The number of aliphatic imine (C=N–C) groups is 3. The van der Waals surface area contributed by atoms with Gasteiger partial charge in [-0.1, -0.05) is 54.6 Å². The molecule has 6 N–H and O–H groups in total. The Hall–Kier alpha value is -5.36. The second-order valence-electron chi connectivity index (χ2n) is 8.99. The Morgan fingerprint density at radius 1 is 1.05 bits per heavy atom. The average molecular weight is 552 g/mol. The van der Waals surface area contributed by atoms with Crippen molar-refractivity contribution in [2.24, 2.45) is 26.4 Å². The van der Waals surface area contributed by atoms with Gasteiger partial charge in [0.05, 0.1) is 30.2 Å². The predicted molar refractivity (Wildman–Crippen MR) is 157 cm³/mol. The molecule has 1 fully saturated rings. The number of carbonyl (C=O) groups is 1. The number of amidine groups is 2. The molecular weight excluding hydrogens is 522 g/mol. The van der Waals surface area contributed by atoms with Gasteiger partial charge in [0.2, 0.25) is 12.0 Å². The normalized spacial score (nSPS) is 18.1. The van der Waals surface area contributed by atoms with Crippen LogP contribution in [0.2, 0.25) is 0 Å². The van der Waals surface area contributed by atoms with Crippen molar-refractivity contribution >= 4 is 41.2 Å². The fourth-order valence-corrected chi connectivity index (χ4v) is 4.23. The SMILES string of the molecule is N=C(C(C=Nc1ccccn1)=C(N)OC(N)=NC1N=C(c2ccccc2)c2ccccc2NC1=O)N1CCOCC1. The maximum Gasteiger partial charge on any atom is 0.291 e. The van der Waals surface area contributed by atoms with E-state index in [2.05, 4.69) is 25.3 Å². The maximum atomic E-state index is 13.1. The van der Waals surface area contributed by atoms with Gasteiger partial charge in [0, 0.05) is 36.6 Å². The fourth-order valence-electron chi connectivity index (χ4n) is 4.23. The lowest BCUT2D eigenvalue weighted by Gasteiger charge is -2.29. The van der Waals surface area contributed by atoms with Crippen LogP contribution in [0.15, 0.2) is 105 Å². The summed E-state index contributed by atoms with van der Waals surface area (Å²) >= 11 is 0. The van der Waals surface area contributed by atoms with Crippen molar-refractivity contribution in [3.05, 3.63) is 102 Å². The zero-order valence-electron chi connectivity index (χ0n) is 22.1. The van der Waals surface area contributed by atoms with Crippen molar-refractivity contribution in [1.82, 2.24) is 9.88 Å². The number of nitrogens with one attached hydrogen (secondary N) is 2. The standard InChI is InChI=1S/C29H29N9O3/c30-25(38-14-16-40-17-15-38)21(18-34-23-12-6-7-13-33-23)26(31)41-29(32)37-27-28(39)35-22-11-5-4-10-20(22)24(36-27)19-8-2-1-3-9-19/h1-13,18,27,30H,14-17,31H2,(H2,32,37)(H,35,39). The molecule has 2 aliphatic rings. The number of nitrogens with zero attached hydrogens (tertiary/aromatic N) is 5. The zero-order chi connectivity index (χ0) is 28.6. The number of carbonyl (C=O) groups excluding carboxylic acids is 1. The number of fused-ring (bicyclic) bond motifs is 1. The van der Waals surface area contributed by atoms with Crippen molar-refractivity contribution in [3.8, 4) is 0 Å². The number of amides is 1. The van der Waals surface area contributed by atoms with Crippen molar-refractivity contribution < 1.29 is 14.3 Å². The number of pyridine rings is 1. The maximum absolute atomic E-state index is 13.1. The molecule has 1 aromatic heterocycles. The summed E-state index contributed by atoms with van der Waals surface area (Å²) in [6.45, 7) is 1.93. The van der Waals surface area contributed by atoms with E-state index in [9.17, 15) is 4.79 Å². The van der Waals surface area contributed by atoms with Gasteiger partial charge in [-0.2, -0.15) is 4.99 Å². The summed E-state index contributed by atoms with van der Waals surface area (Å²) in [5, 5.41) is 11.6. The van der Waals surface area contributed by atoms with Crippen LogP contribution in [0.5, 0.6) is 0 Å². The van der Waals surface area contributed by atoms with Crippen LogP contribution in [0.3, 0.4) is 0 Å². The zero-order valence-corrected chi connectivity index (χ0v) is 22.1. The van der Waals surface area contributed by atoms with Crippen molar-refractivity contribution in [3.63, 3.8) is 0 Å². The van der Waals surface area contributed by atoms with Gasteiger partial charge < -0.3 is 31.2 Å². The predicted octanol–water partition coefficient (Wildman–Crippen LogP) is 2.41. The van der Waals surface area contributed by atoms with Gasteiger partial charge in [-0.3, -0.25) is 10.2 Å². The van der Waals surface area contributed by atoms with Crippen LogP contribution in [-0.4, -0.2) is 72.0 Å². The highest BCUT2D eigenvalue weighted by molar-refractivity contribution is 6.19. The first-order chi connectivity index (χ1) is 20.0. The van der Waals surface area contributed by atoms with Crippen LogP contribution >= 0.6 is 0 Å². The van der Waals surface area contributed by atoms with E-state index < -0.39 is 18.1 Å². The average Bonchev–Trinajstić information content (AvgIpc) is 3.14. The smallest absolute Gasteiger partial charge is 0.291 e. The van der Waals surface area contributed by atoms with Crippen LogP contribution in [0.4, 0.5) is 11.5 Å². The van der Waals surface area contributed by atoms with Gasteiger partial charge in [-0.25, -0.2) is 15.0 Å². The Bertz CT molecular complexity index is 1530. The van der Waals surface area contributed by atoms with E-state index in [1.54, 1.807) is 35.4 Å². The lowest BCUT2D eigenvalue weighted by atomic mass is 10.0. The molecule has 2 aromatic carbocycles. The van der Waals surface area contributed by atoms with Crippen LogP contribution in [-0.2, 0) is 14.3 Å². The quantitative estimate of drug-likeness (QED) is 0.206. The number of benzene rings is 2. The van der Waals surface area contributed by atoms with E-state index in [-0.39, 0.29) is 17.3 Å². The summed E-state index contributed by atoms with van der Waals surface area (Å²) < 4.78 is 11.1. The monoisotopic (exact) mass is 551 g/mol. The summed E-state index contributed by atoms with van der Waals surface area (Å²) in [5.74, 6) is -0.209. The molecule has 0 saturated carbocycles. The first-order valence-electron chi connectivity index (χ1n) is 12.9. The van der Waals surface area contributed by atoms with Gasteiger partial charge in [-0.05, 0) is 18.2 Å². The minimum Gasteiger partial charge on any atom is -0.409 e. The number of morpholine rings is 1. The summed E-state index contributed by atoms with van der Waals surface area (Å²) in [6.07, 6.45) is 1.74. The van der Waals surface area contributed by atoms with Crippen LogP contribution in [0, 0.1) is 5.41 Å². The van der Waals surface area contributed by atoms with Crippen molar-refractivity contribution in [2.45, 2.75) is 6.17 Å². The number of anilines is 1. The number of hydrogen-bond donors (Lipinski definition) is 4. The summed E-state index contributed by atoms with van der Waals surface area (Å²) in [5.41, 5.74) is 15.3. The summed E-state index contributed by atoms with van der Waals surface area (Å²) in [6, 6.07) is 21.7. The first-order valence-corrected chi connectivity index (χ1v) is 12.9. The van der Waals surface area contributed by atoms with E-state index in [1.165, 1.54) is 6.21 Å². The third-order valence-electron chi connectivity index (χ3n) is 6.26. The number of ether oxygens (including phenoxy) is 2. The highest BCUT2D eigenvalue weighted by Crippen LogP contribution is 2.24. The topological polar surface area (TPSA) is 177 Å². The molecule has 1 atom stereocenters. The highest BCUT2D eigenvalue weighted by atomic mass is 16.5. The molecule has 0 spiro atoms. The molecular formula is C29H29N9O3. The van der Waals surface area contributed by atoms with Crippen molar-refractivity contribution in [1.29, 1.82) is 5.41 Å². The van der Waals surface area contributed by atoms with Gasteiger partial charge in [0.25, 0.3) is 11.9 Å². The Labute approximate surface area is 236 Å². The second kappa shape index (κ2) is 12.7. The molecule has 3 aromatic rings. The van der Waals surface area contributed by atoms with Gasteiger partial charge in [-0.15, -0.1) is 0 Å². The van der Waals surface area contributed by atoms with Gasteiger partial charge >= 0.3 is 0 Å². The van der Waals surface area contributed by atoms with Gasteiger partial charge in [0.1, 0.15) is 5.84 Å². The van der Waals surface area contributed by atoms with Crippen LogP contribution in [0.1, 0.15) is 11.1 Å².